The van der Waals surface area contributed by atoms with Crippen LogP contribution in [0.5, 0.6) is 0 Å². The highest BCUT2D eigenvalue weighted by molar-refractivity contribution is 6.00. The van der Waals surface area contributed by atoms with Gasteiger partial charge in [0.25, 0.3) is 0 Å². The lowest BCUT2D eigenvalue weighted by atomic mass is 10.0. The maximum atomic E-state index is 8.99. The van der Waals surface area contributed by atoms with Gasteiger partial charge in [0.15, 0.2) is 0 Å². The molecule has 1 fully saturated rings. The van der Waals surface area contributed by atoms with Crippen LogP contribution >= 0.6 is 0 Å². The zero-order chi connectivity index (χ0) is 11.4. The van der Waals surface area contributed by atoms with Gasteiger partial charge in [-0.3, -0.25) is 0 Å². The first-order chi connectivity index (χ1) is 7.83. The Hall–Kier alpha value is -1.35. The average Bonchev–Trinajstić information content (AvgIpc) is 3.11. The molecule has 1 aliphatic carbocycles. The molecule has 1 N–H and O–H groups in total. The van der Waals surface area contributed by atoms with Crippen molar-refractivity contribution < 1.29 is 9.94 Å². The Morgan fingerprint density at radius 3 is 2.56 bits per heavy atom. The first-order valence-corrected chi connectivity index (χ1v) is 5.62. The topological polar surface area (TPSA) is 41.8 Å². The van der Waals surface area contributed by atoms with E-state index in [0.29, 0.717) is 6.61 Å². The van der Waals surface area contributed by atoms with Crippen molar-refractivity contribution in [3.05, 3.63) is 35.4 Å². The third-order valence-electron chi connectivity index (χ3n) is 2.90. The fourth-order valence-electron chi connectivity index (χ4n) is 1.77. The minimum Gasteiger partial charge on any atom is -0.411 e. The van der Waals surface area contributed by atoms with Crippen LogP contribution in [-0.2, 0) is 11.3 Å². The summed E-state index contributed by atoms with van der Waals surface area (Å²) >= 11 is 0. The number of methoxy groups -OCH3 is 1. The summed E-state index contributed by atoms with van der Waals surface area (Å²) in [4.78, 5) is 0. The quantitative estimate of drug-likeness (QED) is 0.470. The average molecular weight is 219 g/mol. The van der Waals surface area contributed by atoms with Gasteiger partial charge >= 0.3 is 0 Å². The van der Waals surface area contributed by atoms with Crippen molar-refractivity contribution in [3.8, 4) is 0 Å². The lowest BCUT2D eigenvalue weighted by Crippen LogP contribution is -2.02. The van der Waals surface area contributed by atoms with Gasteiger partial charge in [-0.15, -0.1) is 0 Å². The molecule has 0 aliphatic heterocycles. The molecule has 1 aliphatic rings. The number of hydrogen-bond donors (Lipinski definition) is 1. The normalized spacial score (nSPS) is 16.4. The van der Waals surface area contributed by atoms with Crippen molar-refractivity contribution in [2.75, 3.05) is 7.11 Å². The molecule has 1 saturated carbocycles. The monoisotopic (exact) mass is 219 g/mol. The van der Waals surface area contributed by atoms with Crippen molar-refractivity contribution in [2.45, 2.75) is 25.9 Å². The maximum Gasteiger partial charge on any atom is 0.0870 e. The summed E-state index contributed by atoms with van der Waals surface area (Å²) < 4.78 is 5.05. The van der Waals surface area contributed by atoms with E-state index in [1.165, 1.54) is 12.8 Å². The molecule has 3 nitrogen and oxygen atoms in total. The van der Waals surface area contributed by atoms with Crippen LogP contribution in [0, 0.1) is 5.92 Å². The van der Waals surface area contributed by atoms with E-state index in [4.69, 9.17) is 9.94 Å². The van der Waals surface area contributed by atoms with Gasteiger partial charge in [-0.2, -0.15) is 0 Å². The van der Waals surface area contributed by atoms with Gasteiger partial charge in [-0.05, 0) is 36.3 Å². The van der Waals surface area contributed by atoms with Crippen LogP contribution in [0.3, 0.4) is 0 Å². The highest BCUT2D eigenvalue weighted by atomic mass is 16.5. The number of rotatable bonds is 5. The number of nitrogens with zero attached hydrogens (tertiary/aromatic N) is 1. The number of benzene rings is 1. The fraction of sp³-hybridized carbons (Fsp3) is 0.462. The Kier molecular flexibility index (Phi) is 3.57. The molecule has 0 bridgehead atoms. The molecule has 0 atom stereocenters. The van der Waals surface area contributed by atoms with E-state index >= 15 is 0 Å². The predicted octanol–water partition coefficient (Wildman–Crippen LogP) is 2.81. The SMILES string of the molecule is COCc1ccc(C(CC2CC2)=NO)cc1. The maximum absolute atomic E-state index is 8.99. The van der Waals surface area contributed by atoms with E-state index in [-0.39, 0.29) is 0 Å². The lowest BCUT2D eigenvalue weighted by Gasteiger charge is -2.05. The number of ether oxygens (including phenoxy) is 1. The summed E-state index contributed by atoms with van der Waals surface area (Å²) in [6.07, 6.45) is 3.42. The van der Waals surface area contributed by atoms with Crippen LogP contribution in [0.25, 0.3) is 0 Å². The molecule has 0 aromatic heterocycles. The standard InChI is InChI=1S/C13H17NO2/c1-16-9-11-4-6-12(7-5-11)13(14-15)8-10-2-3-10/h4-7,10,15H,2-3,8-9H2,1H3. The van der Waals surface area contributed by atoms with Crippen molar-refractivity contribution >= 4 is 5.71 Å². The Labute approximate surface area is 95.7 Å². The summed E-state index contributed by atoms with van der Waals surface area (Å²) in [5.41, 5.74) is 2.94. The van der Waals surface area contributed by atoms with Gasteiger partial charge in [-0.25, -0.2) is 0 Å². The van der Waals surface area contributed by atoms with Crippen molar-refractivity contribution in [2.24, 2.45) is 11.1 Å². The molecule has 0 unspecified atom stereocenters. The second-order valence-corrected chi connectivity index (χ2v) is 4.32. The second-order valence-electron chi connectivity index (χ2n) is 4.32. The Bertz CT molecular complexity index is 366. The summed E-state index contributed by atoms with van der Waals surface area (Å²) in [6.45, 7) is 0.620. The zero-order valence-electron chi connectivity index (χ0n) is 9.52. The van der Waals surface area contributed by atoms with E-state index in [1.807, 2.05) is 24.3 Å². The zero-order valence-corrected chi connectivity index (χ0v) is 9.52. The van der Waals surface area contributed by atoms with Crippen LogP contribution in [0.4, 0.5) is 0 Å². The Morgan fingerprint density at radius 1 is 1.38 bits per heavy atom. The van der Waals surface area contributed by atoms with Crippen LogP contribution < -0.4 is 0 Å². The van der Waals surface area contributed by atoms with Gasteiger partial charge in [0.1, 0.15) is 0 Å². The van der Waals surface area contributed by atoms with Crippen LogP contribution in [-0.4, -0.2) is 18.0 Å². The first-order valence-electron chi connectivity index (χ1n) is 5.62. The van der Waals surface area contributed by atoms with Gasteiger partial charge in [0.05, 0.1) is 12.3 Å². The van der Waals surface area contributed by atoms with E-state index in [1.54, 1.807) is 7.11 Å². The smallest absolute Gasteiger partial charge is 0.0870 e. The lowest BCUT2D eigenvalue weighted by molar-refractivity contribution is 0.185. The van der Waals surface area contributed by atoms with Gasteiger partial charge in [-0.1, -0.05) is 29.4 Å². The molecular weight excluding hydrogens is 202 g/mol. The van der Waals surface area contributed by atoms with Crippen LogP contribution in [0.2, 0.25) is 0 Å². The third-order valence-corrected chi connectivity index (χ3v) is 2.90. The van der Waals surface area contributed by atoms with E-state index in [0.717, 1.165) is 29.2 Å². The molecule has 0 radical (unpaired) electrons. The van der Waals surface area contributed by atoms with Crippen molar-refractivity contribution in [3.63, 3.8) is 0 Å². The summed E-state index contributed by atoms with van der Waals surface area (Å²) in [5.74, 6) is 0.726. The minimum absolute atomic E-state index is 0.620. The highest BCUT2D eigenvalue weighted by Crippen LogP contribution is 2.33. The largest absolute Gasteiger partial charge is 0.411 e. The molecule has 0 heterocycles. The van der Waals surface area contributed by atoms with E-state index in [2.05, 4.69) is 5.16 Å². The van der Waals surface area contributed by atoms with Crippen LogP contribution in [0.1, 0.15) is 30.4 Å². The van der Waals surface area contributed by atoms with Gasteiger partial charge in [0.2, 0.25) is 0 Å². The van der Waals surface area contributed by atoms with Crippen molar-refractivity contribution in [1.29, 1.82) is 0 Å². The summed E-state index contributed by atoms with van der Waals surface area (Å²) in [6, 6.07) is 8.01. The summed E-state index contributed by atoms with van der Waals surface area (Å²) in [7, 11) is 1.68. The van der Waals surface area contributed by atoms with Crippen LogP contribution in [0.15, 0.2) is 29.4 Å². The third kappa shape index (κ3) is 2.83. The predicted molar refractivity (Wildman–Crippen MR) is 62.8 cm³/mol. The molecule has 2 rings (SSSR count). The van der Waals surface area contributed by atoms with Crippen molar-refractivity contribution in [1.82, 2.24) is 0 Å². The molecule has 1 aromatic rings. The molecule has 16 heavy (non-hydrogen) atoms. The second kappa shape index (κ2) is 5.12. The molecule has 0 spiro atoms. The van der Waals surface area contributed by atoms with Gasteiger partial charge < -0.3 is 9.94 Å². The molecule has 0 amide bonds. The number of oxime groups is 1. The Balaban J connectivity index is 2.06. The molecule has 3 heteroatoms. The van der Waals surface area contributed by atoms with E-state index < -0.39 is 0 Å². The molecule has 0 saturated heterocycles. The van der Waals surface area contributed by atoms with Gasteiger partial charge in [0, 0.05) is 7.11 Å². The minimum atomic E-state index is 0.620. The van der Waals surface area contributed by atoms with E-state index in [9.17, 15) is 0 Å². The summed E-state index contributed by atoms with van der Waals surface area (Å²) in [5, 5.41) is 12.4. The molecular formula is C13H17NO2. The molecule has 1 aromatic carbocycles. The highest BCUT2D eigenvalue weighted by Gasteiger charge is 2.24. The first kappa shape index (κ1) is 11.1. The number of hydrogen-bond acceptors (Lipinski definition) is 3. The molecule has 86 valence electrons. The fourth-order valence-corrected chi connectivity index (χ4v) is 1.77. The Morgan fingerprint density at radius 2 is 2.06 bits per heavy atom.